The Labute approximate surface area is 202 Å². The molecule has 0 radical (unpaired) electrons. The first-order valence-corrected chi connectivity index (χ1v) is 12.3. The molecule has 0 saturated carbocycles. The van der Waals surface area contributed by atoms with Gasteiger partial charge >= 0.3 is 5.97 Å². The van der Waals surface area contributed by atoms with Crippen molar-refractivity contribution < 1.29 is 24.0 Å². The Morgan fingerprint density at radius 1 is 1.03 bits per heavy atom. The minimum atomic E-state index is -0.563. The first-order valence-electron chi connectivity index (χ1n) is 12.3. The third-order valence-electron chi connectivity index (χ3n) is 6.97. The van der Waals surface area contributed by atoms with Gasteiger partial charge in [0.25, 0.3) is 11.8 Å². The summed E-state index contributed by atoms with van der Waals surface area (Å²) in [6, 6.07) is 8.36. The lowest BCUT2D eigenvalue weighted by Gasteiger charge is -2.22. The molecule has 2 amide bonds. The lowest BCUT2D eigenvalue weighted by molar-refractivity contribution is -0.197. The number of imide groups is 1. The maximum Gasteiger partial charge on any atom is 0.333 e. The zero-order chi connectivity index (χ0) is 23.9. The Morgan fingerprint density at radius 2 is 1.86 bits per heavy atom. The van der Waals surface area contributed by atoms with Gasteiger partial charge in [0.2, 0.25) is 5.36 Å². The van der Waals surface area contributed by atoms with Crippen LogP contribution in [0.25, 0.3) is 0 Å². The van der Waals surface area contributed by atoms with Crippen LogP contribution in [0.1, 0.15) is 49.7 Å². The molecule has 1 saturated heterocycles. The van der Waals surface area contributed by atoms with Crippen molar-refractivity contribution >= 4 is 29.2 Å². The molecule has 0 aromatic heterocycles. The number of carbonyl (C=O) groups excluding carboxylic acids is 3. The van der Waals surface area contributed by atoms with E-state index >= 15 is 0 Å². The van der Waals surface area contributed by atoms with E-state index in [1.807, 2.05) is 0 Å². The summed E-state index contributed by atoms with van der Waals surface area (Å²) in [5.74, 6) is 0.0285. The number of hydrogen-bond acceptors (Lipinski definition) is 7. The second kappa shape index (κ2) is 8.79. The molecule has 1 fully saturated rings. The fourth-order valence-corrected chi connectivity index (χ4v) is 5.20. The number of hydroxylamine groups is 2. The van der Waals surface area contributed by atoms with Crippen LogP contribution in [0, 0.1) is 0 Å². The van der Waals surface area contributed by atoms with Gasteiger partial charge in [-0.15, -0.1) is 5.06 Å². The number of ether oxygens (including phenoxy) is 1. The first-order chi connectivity index (χ1) is 17.0. The maximum absolute atomic E-state index is 12.2. The van der Waals surface area contributed by atoms with Gasteiger partial charge in [0.15, 0.2) is 11.5 Å². The van der Waals surface area contributed by atoms with Crippen LogP contribution in [-0.4, -0.2) is 42.5 Å². The molecule has 4 aliphatic rings. The summed E-state index contributed by atoms with van der Waals surface area (Å²) in [5, 5.41) is 6.00. The van der Waals surface area contributed by atoms with E-state index in [2.05, 4.69) is 34.2 Å². The van der Waals surface area contributed by atoms with Gasteiger partial charge in [0.05, 0.1) is 12.5 Å². The monoisotopic (exact) mass is 475 g/mol. The number of amides is 2. The van der Waals surface area contributed by atoms with E-state index in [-0.39, 0.29) is 19.3 Å². The number of nitrogens with one attached hydrogen (secondary N) is 1. The maximum atomic E-state index is 12.2. The molecule has 0 atom stereocenters. The normalized spacial score (nSPS) is 17.9. The highest BCUT2D eigenvalue weighted by molar-refractivity contribution is 6.01. The van der Waals surface area contributed by atoms with Gasteiger partial charge in [-0.3, -0.25) is 9.59 Å². The zero-order valence-corrected chi connectivity index (χ0v) is 19.5. The number of hydrogen-bond donors (Lipinski definition) is 1. The molecule has 35 heavy (non-hydrogen) atoms. The van der Waals surface area contributed by atoms with Crippen molar-refractivity contribution in [2.24, 2.45) is 4.99 Å². The van der Waals surface area contributed by atoms with E-state index < -0.39 is 17.8 Å². The van der Waals surface area contributed by atoms with Crippen LogP contribution in [0.2, 0.25) is 0 Å². The fraction of sp³-hybridized carbons (Fsp3) is 0.423. The molecule has 6 rings (SSSR count). The summed E-state index contributed by atoms with van der Waals surface area (Å²) < 4.78 is 8.55. The molecule has 0 spiro atoms. The van der Waals surface area contributed by atoms with Crippen LogP contribution < -0.4 is 25.3 Å². The average molecular weight is 476 g/mol. The average Bonchev–Trinajstić information content (AvgIpc) is 3.17. The van der Waals surface area contributed by atoms with E-state index in [0.29, 0.717) is 18.0 Å². The van der Waals surface area contributed by atoms with Gasteiger partial charge in [0, 0.05) is 49.5 Å². The van der Waals surface area contributed by atoms with E-state index in [4.69, 9.17) is 14.6 Å². The lowest BCUT2D eigenvalue weighted by Crippen LogP contribution is -2.39. The fourth-order valence-electron chi connectivity index (χ4n) is 5.20. The van der Waals surface area contributed by atoms with Crippen LogP contribution in [0.4, 0.5) is 11.4 Å². The molecule has 9 nitrogen and oxygen atoms in total. The summed E-state index contributed by atoms with van der Waals surface area (Å²) in [4.78, 5) is 45.3. The predicted octanol–water partition coefficient (Wildman–Crippen LogP) is 1.93. The second-order valence-electron chi connectivity index (χ2n) is 9.41. The number of nitrogens with zero attached hydrogens (tertiary/aromatic N) is 3. The number of anilines is 1. The highest BCUT2D eigenvalue weighted by Crippen LogP contribution is 2.39. The Balaban J connectivity index is 1.21. The number of rotatable bonds is 5. The third kappa shape index (κ3) is 4.15. The Morgan fingerprint density at radius 3 is 2.71 bits per heavy atom. The van der Waals surface area contributed by atoms with Crippen molar-refractivity contribution in [2.75, 3.05) is 25.0 Å². The van der Waals surface area contributed by atoms with Crippen LogP contribution in [0.3, 0.4) is 0 Å². The van der Waals surface area contributed by atoms with Crippen molar-refractivity contribution in [1.29, 1.82) is 0 Å². The number of carbonyl (C=O) groups is 3. The molecular weight excluding hydrogens is 448 g/mol. The van der Waals surface area contributed by atoms with Crippen molar-refractivity contribution in [3.05, 3.63) is 46.1 Å². The van der Waals surface area contributed by atoms with Gasteiger partial charge in [0.1, 0.15) is 24.1 Å². The molecule has 180 valence electrons. The van der Waals surface area contributed by atoms with Crippen molar-refractivity contribution in [3.63, 3.8) is 0 Å². The van der Waals surface area contributed by atoms with Gasteiger partial charge in [-0.2, -0.15) is 0 Å². The Hall–Kier alpha value is -3.75. The molecule has 0 unspecified atom stereocenters. The molecule has 9 heteroatoms. The minimum absolute atomic E-state index is 0.0960. The molecule has 2 aromatic rings. The quantitative estimate of drug-likeness (QED) is 0.447. The van der Waals surface area contributed by atoms with E-state index in [9.17, 15) is 14.4 Å². The van der Waals surface area contributed by atoms with E-state index in [1.54, 1.807) is 0 Å². The summed E-state index contributed by atoms with van der Waals surface area (Å²) >= 11 is 0. The van der Waals surface area contributed by atoms with Gasteiger partial charge in [-0.25, -0.2) is 14.4 Å². The number of benzene rings is 2. The lowest BCUT2D eigenvalue weighted by atomic mass is 10.0. The molecular formula is C26H27N4O5+. The summed E-state index contributed by atoms with van der Waals surface area (Å²) in [5.41, 5.74) is 4.51. The van der Waals surface area contributed by atoms with Crippen LogP contribution in [0.5, 0.6) is 11.5 Å². The topological polar surface area (TPSA) is 100 Å². The van der Waals surface area contributed by atoms with Crippen LogP contribution in [0.15, 0.2) is 29.3 Å². The third-order valence-corrected chi connectivity index (χ3v) is 6.97. The minimum Gasteiger partial charge on any atom is -0.452 e. The van der Waals surface area contributed by atoms with E-state index in [1.165, 1.54) is 11.1 Å². The van der Waals surface area contributed by atoms with Gasteiger partial charge in [-0.1, -0.05) is 0 Å². The van der Waals surface area contributed by atoms with Gasteiger partial charge in [-0.05, 0) is 37.0 Å². The van der Waals surface area contributed by atoms with Gasteiger partial charge < -0.3 is 14.9 Å². The van der Waals surface area contributed by atoms with Crippen molar-refractivity contribution in [3.8, 4) is 11.5 Å². The second-order valence-corrected chi connectivity index (χ2v) is 9.41. The largest absolute Gasteiger partial charge is 0.452 e. The first kappa shape index (κ1) is 21.8. The molecule has 0 bridgehead atoms. The predicted molar refractivity (Wildman–Crippen MR) is 126 cm³/mol. The highest BCUT2D eigenvalue weighted by atomic mass is 16.7. The number of fused-ring (bicyclic) bond motifs is 4. The zero-order valence-electron chi connectivity index (χ0n) is 19.5. The standard InChI is InChI=1S/C26H26N4O5/c31-24-7-8-25(32)30(24)35-26(33)6-3-11-29-10-2-5-17-13-20-23(15-21(17)29)34-22-14-18-16(4-1-9-27-18)12-19(22)28-20/h12-15H,1-11H2/p+1. The number of aryl methyl sites for hydroxylation is 2. The van der Waals surface area contributed by atoms with Crippen LogP contribution >= 0.6 is 0 Å². The highest BCUT2D eigenvalue weighted by Gasteiger charge is 2.33. The van der Waals surface area contributed by atoms with Crippen molar-refractivity contribution in [2.45, 2.75) is 51.4 Å². The molecule has 0 aliphatic carbocycles. The molecule has 4 heterocycles. The summed E-state index contributed by atoms with van der Waals surface area (Å²) in [6.45, 7) is 2.52. The Kier molecular flexibility index (Phi) is 5.47. The summed E-state index contributed by atoms with van der Waals surface area (Å²) in [7, 11) is 0. The smallest absolute Gasteiger partial charge is 0.333 e. The molecule has 4 aliphatic heterocycles. The molecule has 2 aromatic carbocycles. The van der Waals surface area contributed by atoms with E-state index in [0.717, 1.165) is 72.4 Å². The van der Waals surface area contributed by atoms with Crippen LogP contribution in [-0.2, 0) is 32.1 Å². The van der Waals surface area contributed by atoms with Crippen molar-refractivity contribution in [1.82, 2.24) is 9.64 Å². The Bertz CT molecular complexity index is 1370. The SMILES string of the molecule is O=C(CCC[N+]1=c2cc3c(cc2CCC1)=Nc1cc2c(cc1O3)NCCC2)ON1C(=O)CCC1=O. The molecule has 1 N–H and O–H groups in total. The summed E-state index contributed by atoms with van der Waals surface area (Å²) in [6.07, 6.45) is 5.04.